The molecule has 1 aromatic heterocycles. The van der Waals surface area contributed by atoms with Gasteiger partial charge in [-0.05, 0) is 41.6 Å². The lowest BCUT2D eigenvalue weighted by Crippen LogP contribution is -2.33. The average Bonchev–Trinajstić information content (AvgIpc) is 3.04. The minimum atomic E-state index is -4.04. The van der Waals surface area contributed by atoms with Crippen molar-refractivity contribution in [3.63, 3.8) is 0 Å². The van der Waals surface area contributed by atoms with Gasteiger partial charge in [-0.3, -0.25) is 4.79 Å². The lowest BCUT2D eigenvalue weighted by Gasteiger charge is -2.23. The van der Waals surface area contributed by atoms with E-state index in [4.69, 9.17) is 10.00 Å². The molecule has 1 atom stereocenters. The molecule has 1 N–H and O–H groups in total. The number of hydrogen-bond acceptors (Lipinski definition) is 6. The third kappa shape index (κ3) is 3.74. The fraction of sp³-hybridized carbons (Fsp3) is 0.294. The van der Waals surface area contributed by atoms with E-state index in [2.05, 4.69) is 4.72 Å². The second-order valence-corrected chi connectivity index (χ2v) is 8.38. The molecule has 0 saturated heterocycles. The Labute approximate surface area is 150 Å². The number of carbonyl (C=O) groups is 1. The molecular formula is C17H16N2O4S2. The lowest BCUT2D eigenvalue weighted by molar-refractivity contribution is -0.122. The lowest BCUT2D eigenvalue weighted by atomic mass is 10.0. The molecular weight excluding hydrogens is 360 g/mol. The zero-order valence-corrected chi connectivity index (χ0v) is 15.1. The van der Waals surface area contributed by atoms with Crippen LogP contribution >= 0.6 is 11.3 Å². The van der Waals surface area contributed by atoms with Gasteiger partial charge in [-0.15, -0.1) is 11.3 Å². The van der Waals surface area contributed by atoms with Crippen LogP contribution in [0.2, 0.25) is 0 Å². The zero-order valence-electron chi connectivity index (χ0n) is 13.5. The van der Waals surface area contributed by atoms with E-state index >= 15 is 0 Å². The number of aryl methyl sites for hydroxylation is 1. The van der Waals surface area contributed by atoms with Gasteiger partial charge in [-0.25, -0.2) is 13.1 Å². The summed E-state index contributed by atoms with van der Waals surface area (Å²) in [5.74, 6) is -0.634. The molecule has 0 bridgehead atoms. The predicted octanol–water partition coefficient (Wildman–Crippen LogP) is 2.44. The van der Waals surface area contributed by atoms with Crippen LogP contribution in [-0.2, 0) is 26.0 Å². The number of nitrogens with zero attached hydrogens (tertiary/aromatic N) is 1. The first-order valence-corrected chi connectivity index (χ1v) is 10.0. The van der Waals surface area contributed by atoms with Crippen LogP contribution in [-0.4, -0.2) is 20.9 Å². The molecule has 0 saturated carbocycles. The van der Waals surface area contributed by atoms with Gasteiger partial charge in [0.15, 0.2) is 0 Å². The standard InChI is InChI=1S/C17H16N2O4S2/c1-11-2-3-12(10-18)8-16(11)25(21,22)19-17(20)9-14-13-5-7-24-15(13)4-6-23-14/h2-3,5,7-8,14H,4,6,9H2,1H3,(H,19,20)/t14-/m0/s1. The maximum absolute atomic E-state index is 12.5. The summed E-state index contributed by atoms with van der Waals surface area (Å²) in [7, 11) is -4.04. The van der Waals surface area contributed by atoms with Crippen LogP contribution < -0.4 is 4.72 Å². The molecule has 0 unspecified atom stereocenters. The maximum atomic E-state index is 12.5. The normalized spacial score (nSPS) is 16.7. The molecule has 1 aliphatic rings. The third-order valence-electron chi connectivity index (χ3n) is 4.00. The van der Waals surface area contributed by atoms with E-state index in [1.165, 1.54) is 17.0 Å². The highest BCUT2D eigenvalue weighted by molar-refractivity contribution is 7.90. The Hall–Kier alpha value is -2.21. The smallest absolute Gasteiger partial charge is 0.264 e. The molecule has 130 valence electrons. The van der Waals surface area contributed by atoms with Crippen LogP contribution in [0.1, 0.15) is 34.1 Å². The van der Waals surface area contributed by atoms with Crippen molar-refractivity contribution >= 4 is 27.3 Å². The summed E-state index contributed by atoms with van der Waals surface area (Å²) in [4.78, 5) is 13.4. The highest BCUT2D eigenvalue weighted by Gasteiger charge is 2.27. The quantitative estimate of drug-likeness (QED) is 0.884. The second-order valence-electron chi connectivity index (χ2n) is 5.73. The molecule has 0 radical (unpaired) electrons. The zero-order chi connectivity index (χ0) is 18.0. The van der Waals surface area contributed by atoms with Gasteiger partial charge < -0.3 is 4.74 Å². The van der Waals surface area contributed by atoms with Crippen molar-refractivity contribution in [3.05, 3.63) is 51.2 Å². The van der Waals surface area contributed by atoms with Crippen LogP contribution in [0.25, 0.3) is 0 Å². The monoisotopic (exact) mass is 376 g/mol. The Morgan fingerprint density at radius 2 is 2.24 bits per heavy atom. The Morgan fingerprint density at radius 3 is 3.00 bits per heavy atom. The number of amides is 1. The Bertz CT molecular complexity index is 957. The molecule has 3 rings (SSSR count). The van der Waals surface area contributed by atoms with Crippen molar-refractivity contribution < 1.29 is 17.9 Å². The van der Waals surface area contributed by atoms with Crippen LogP contribution in [0.5, 0.6) is 0 Å². The van der Waals surface area contributed by atoms with E-state index in [-0.39, 0.29) is 16.9 Å². The number of hydrogen-bond donors (Lipinski definition) is 1. The summed E-state index contributed by atoms with van der Waals surface area (Å²) in [6.07, 6.45) is 0.306. The molecule has 0 fully saturated rings. The topological polar surface area (TPSA) is 96.3 Å². The fourth-order valence-electron chi connectivity index (χ4n) is 2.77. The van der Waals surface area contributed by atoms with Crippen LogP contribution in [0.3, 0.4) is 0 Å². The molecule has 1 aromatic carbocycles. The highest BCUT2D eigenvalue weighted by Crippen LogP contribution is 2.33. The first-order valence-electron chi connectivity index (χ1n) is 7.65. The molecule has 2 aromatic rings. The number of carbonyl (C=O) groups excluding carboxylic acids is 1. The number of benzene rings is 1. The van der Waals surface area contributed by atoms with Crippen LogP contribution in [0.4, 0.5) is 0 Å². The molecule has 2 heterocycles. The minimum Gasteiger partial charge on any atom is -0.373 e. The Morgan fingerprint density at radius 1 is 1.44 bits per heavy atom. The summed E-state index contributed by atoms with van der Waals surface area (Å²) in [6, 6.07) is 8.14. The van der Waals surface area contributed by atoms with Gasteiger partial charge >= 0.3 is 0 Å². The minimum absolute atomic E-state index is 0.0688. The van der Waals surface area contributed by atoms with E-state index in [0.717, 1.165) is 12.0 Å². The van der Waals surface area contributed by atoms with Gasteiger partial charge in [-0.1, -0.05) is 6.07 Å². The van der Waals surface area contributed by atoms with E-state index < -0.39 is 22.0 Å². The van der Waals surface area contributed by atoms with Gasteiger partial charge in [0.1, 0.15) is 0 Å². The highest BCUT2D eigenvalue weighted by atomic mass is 32.2. The SMILES string of the molecule is Cc1ccc(C#N)cc1S(=O)(=O)NC(=O)C[C@@H]1OCCc2sccc21. The van der Waals surface area contributed by atoms with Gasteiger partial charge in [0.2, 0.25) is 5.91 Å². The Kier molecular flexibility index (Phi) is 4.90. The van der Waals surface area contributed by atoms with E-state index in [1.807, 2.05) is 17.5 Å². The maximum Gasteiger partial charge on any atom is 0.264 e. The molecule has 0 aliphatic carbocycles. The number of fused-ring (bicyclic) bond motifs is 1. The molecule has 0 spiro atoms. The third-order valence-corrected chi connectivity index (χ3v) is 6.51. The number of ether oxygens (including phenoxy) is 1. The number of sulfonamides is 1. The summed E-state index contributed by atoms with van der Waals surface area (Å²) < 4.78 is 32.7. The number of nitriles is 1. The Balaban J connectivity index is 1.76. The van der Waals surface area contributed by atoms with Crippen molar-refractivity contribution in [2.45, 2.75) is 30.8 Å². The first-order chi connectivity index (χ1) is 11.9. The largest absolute Gasteiger partial charge is 0.373 e. The number of rotatable bonds is 4. The van der Waals surface area contributed by atoms with Gasteiger partial charge in [0.05, 0.1) is 35.7 Å². The van der Waals surface area contributed by atoms with E-state index in [1.54, 1.807) is 24.3 Å². The van der Waals surface area contributed by atoms with Crippen molar-refractivity contribution in [1.82, 2.24) is 4.72 Å². The van der Waals surface area contributed by atoms with Gasteiger partial charge in [-0.2, -0.15) is 5.26 Å². The summed E-state index contributed by atoms with van der Waals surface area (Å²) in [6.45, 7) is 2.13. The summed E-state index contributed by atoms with van der Waals surface area (Å²) >= 11 is 1.61. The van der Waals surface area contributed by atoms with Crippen molar-refractivity contribution in [2.75, 3.05) is 6.61 Å². The molecule has 1 aliphatic heterocycles. The predicted molar refractivity (Wildman–Crippen MR) is 92.6 cm³/mol. The molecule has 25 heavy (non-hydrogen) atoms. The summed E-state index contributed by atoms with van der Waals surface area (Å²) in [5, 5.41) is 10.9. The van der Waals surface area contributed by atoms with E-state index in [9.17, 15) is 13.2 Å². The van der Waals surface area contributed by atoms with Crippen molar-refractivity contribution in [2.24, 2.45) is 0 Å². The van der Waals surface area contributed by atoms with Crippen molar-refractivity contribution in [3.8, 4) is 6.07 Å². The van der Waals surface area contributed by atoms with Crippen LogP contribution in [0.15, 0.2) is 34.5 Å². The average molecular weight is 376 g/mol. The van der Waals surface area contributed by atoms with E-state index in [0.29, 0.717) is 12.2 Å². The molecule has 6 nitrogen and oxygen atoms in total. The first kappa shape index (κ1) is 17.6. The van der Waals surface area contributed by atoms with Gasteiger partial charge in [0.25, 0.3) is 10.0 Å². The summed E-state index contributed by atoms with van der Waals surface area (Å²) in [5.41, 5.74) is 1.64. The second kappa shape index (κ2) is 6.96. The fourth-order valence-corrected chi connectivity index (χ4v) is 4.95. The van der Waals surface area contributed by atoms with Crippen LogP contribution in [0, 0.1) is 18.3 Å². The number of thiophene rings is 1. The molecule has 8 heteroatoms. The number of nitrogens with one attached hydrogen (secondary N) is 1. The van der Waals surface area contributed by atoms with Gasteiger partial charge in [0, 0.05) is 11.3 Å². The van der Waals surface area contributed by atoms with Crippen molar-refractivity contribution in [1.29, 1.82) is 5.26 Å². The molecule has 1 amide bonds.